The van der Waals surface area contributed by atoms with E-state index in [0.29, 0.717) is 19.6 Å². The molecule has 0 bridgehead atoms. The summed E-state index contributed by atoms with van der Waals surface area (Å²) in [6, 6.07) is 17.0. The summed E-state index contributed by atoms with van der Waals surface area (Å²) in [5.41, 5.74) is 3.08. The van der Waals surface area contributed by atoms with Crippen LogP contribution in [-0.2, 0) is 14.3 Å². The lowest BCUT2D eigenvalue weighted by Crippen LogP contribution is -2.63. The highest BCUT2D eigenvalue weighted by Crippen LogP contribution is 2.39. The lowest BCUT2D eigenvalue weighted by atomic mass is 9.95. The average Bonchev–Trinajstić information content (AvgIpc) is 3.10. The van der Waals surface area contributed by atoms with Crippen molar-refractivity contribution in [2.45, 2.75) is 38.5 Å². The number of amides is 1. The normalized spacial score (nSPS) is 24.9. The van der Waals surface area contributed by atoms with Gasteiger partial charge < -0.3 is 4.74 Å². The Balaban J connectivity index is 1.77. The number of ether oxygens (including phenoxy) is 1. The number of hydrogen-bond acceptors (Lipinski definition) is 5. The van der Waals surface area contributed by atoms with Crippen molar-refractivity contribution < 1.29 is 14.3 Å². The van der Waals surface area contributed by atoms with Crippen LogP contribution in [0.2, 0.25) is 0 Å². The molecule has 0 aliphatic carbocycles. The van der Waals surface area contributed by atoms with Gasteiger partial charge in [0.05, 0.1) is 12.6 Å². The number of hydrogen-bond donors (Lipinski definition) is 1. The Bertz CT molecular complexity index is 853. The largest absolute Gasteiger partial charge is 0.465 e. The van der Waals surface area contributed by atoms with Gasteiger partial charge in [-0.15, -0.1) is 0 Å². The van der Waals surface area contributed by atoms with Crippen LogP contribution in [0.25, 0.3) is 0 Å². The quantitative estimate of drug-likeness (QED) is 0.828. The van der Waals surface area contributed by atoms with E-state index in [2.05, 4.69) is 5.32 Å². The Morgan fingerprint density at radius 3 is 2.50 bits per heavy atom. The molecule has 0 aromatic heterocycles. The number of fused-ring (bicyclic) bond motifs is 1. The highest BCUT2D eigenvalue weighted by Gasteiger charge is 2.50. The van der Waals surface area contributed by atoms with Crippen LogP contribution in [0, 0.1) is 6.92 Å². The molecule has 1 amide bonds. The number of hydrazine groups is 1. The Kier molecular flexibility index (Phi) is 5.15. The van der Waals surface area contributed by atoms with Gasteiger partial charge in [-0.1, -0.05) is 60.2 Å². The fourth-order valence-corrected chi connectivity index (χ4v) is 4.07. The van der Waals surface area contributed by atoms with Crippen LogP contribution in [0.1, 0.15) is 42.2 Å². The molecule has 0 saturated carbocycles. The predicted octanol–water partition coefficient (Wildman–Crippen LogP) is 2.72. The highest BCUT2D eigenvalue weighted by molar-refractivity contribution is 5.81. The Morgan fingerprint density at radius 2 is 1.82 bits per heavy atom. The first-order chi connectivity index (χ1) is 13.6. The molecular weight excluding hydrogens is 354 g/mol. The number of carbonyl (C=O) groups excluding carboxylic acids is 2. The number of nitrogens with zero attached hydrogens (tertiary/aromatic N) is 2. The summed E-state index contributed by atoms with van der Waals surface area (Å²) in [7, 11) is 0. The smallest absolute Gasteiger partial charge is 0.325 e. The summed E-state index contributed by atoms with van der Waals surface area (Å²) < 4.78 is 5.38. The van der Waals surface area contributed by atoms with Crippen LogP contribution in [0.15, 0.2) is 54.6 Å². The molecule has 2 aliphatic rings. The van der Waals surface area contributed by atoms with Crippen LogP contribution in [0.3, 0.4) is 0 Å². The molecule has 2 heterocycles. The molecule has 6 heteroatoms. The molecule has 4 rings (SSSR count). The van der Waals surface area contributed by atoms with Gasteiger partial charge in [0.15, 0.2) is 0 Å². The van der Waals surface area contributed by atoms with Crippen LogP contribution in [0.5, 0.6) is 0 Å². The van der Waals surface area contributed by atoms with Gasteiger partial charge in [0.1, 0.15) is 12.2 Å². The van der Waals surface area contributed by atoms with E-state index in [1.165, 1.54) is 0 Å². The van der Waals surface area contributed by atoms with Gasteiger partial charge in [-0.2, -0.15) is 0 Å². The standard InChI is InChI=1S/C22H25N3O3/c1-3-28-22(27)19-20(16-7-5-4-6-8-16)24-14-13-18(26)25(24)21(23-19)17-11-9-15(2)10-12-17/h4-12,19-21,23H,3,13-14H2,1-2H3. The van der Waals surface area contributed by atoms with E-state index < -0.39 is 12.2 Å². The second-order valence-corrected chi connectivity index (χ2v) is 7.22. The number of esters is 1. The maximum absolute atomic E-state index is 12.9. The molecular formula is C22H25N3O3. The first-order valence-corrected chi connectivity index (χ1v) is 9.73. The maximum atomic E-state index is 12.9. The van der Waals surface area contributed by atoms with E-state index in [-0.39, 0.29) is 17.9 Å². The fraction of sp³-hybridized carbons (Fsp3) is 0.364. The van der Waals surface area contributed by atoms with Crippen molar-refractivity contribution in [1.29, 1.82) is 0 Å². The molecule has 6 nitrogen and oxygen atoms in total. The number of rotatable bonds is 4. The lowest BCUT2D eigenvalue weighted by Gasteiger charge is -2.48. The number of benzene rings is 2. The molecule has 3 unspecified atom stereocenters. The van der Waals surface area contributed by atoms with Gasteiger partial charge in [0.2, 0.25) is 5.91 Å². The molecule has 2 saturated heterocycles. The van der Waals surface area contributed by atoms with E-state index >= 15 is 0 Å². The van der Waals surface area contributed by atoms with Crippen molar-refractivity contribution >= 4 is 11.9 Å². The third kappa shape index (κ3) is 3.30. The molecule has 0 spiro atoms. The summed E-state index contributed by atoms with van der Waals surface area (Å²) >= 11 is 0. The molecule has 2 aliphatic heterocycles. The molecule has 1 N–H and O–H groups in total. The van der Waals surface area contributed by atoms with Gasteiger partial charge in [-0.3, -0.25) is 19.9 Å². The third-order valence-electron chi connectivity index (χ3n) is 5.38. The number of aryl methyl sites for hydroxylation is 1. The summed E-state index contributed by atoms with van der Waals surface area (Å²) in [6.45, 7) is 4.73. The maximum Gasteiger partial charge on any atom is 0.325 e. The molecule has 2 aromatic rings. The average molecular weight is 379 g/mol. The van der Waals surface area contributed by atoms with Gasteiger partial charge in [-0.05, 0) is 25.0 Å². The van der Waals surface area contributed by atoms with Crippen molar-refractivity contribution in [2.24, 2.45) is 0 Å². The molecule has 28 heavy (non-hydrogen) atoms. The monoisotopic (exact) mass is 379 g/mol. The van der Waals surface area contributed by atoms with Crippen molar-refractivity contribution in [3.05, 3.63) is 71.3 Å². The number of carbonyl (C=O) groups is 2. The predicted molar refractivity (Wildman–Crippen MR) is 105 cm³/mol. The summed E-state index contributed by atoms with van der Waals surface area (Å²) in [6.07, 6.45) is 0.0353. The topological polar surface area (TPSA) is 61.9 Å². The van der Waals surface area contributed by atoms with Crippen LogP contribution in [0.4, 0.5) is 0 Å². The van der Waals surface area contributed by atoms with E-state index in [1.807, 2.05) is 66.5 Å². The van der Waals surface area contributed by atoms with Crippen molar-refractivity contribution in [1.82, 2.24) is 15.3 Å². The summed E-state index contributed by atoms with van der Waals surface area (Å²) in [4.78, 5) is 25.6. The molecule has 2 fully saturated rings. The van der Waals surface area contributed by atoms with Crippen molar-refractivity contribution in [2.75, 3.05) is 13.2 Å². The van der Waals surface area contributed by atoms with Gasteiger partial charge in [-0.25, -0.2) is 5.01 Å². The second kappa shape index (κ2) is 7.73. The van der Waals surface area contributed by atoms with Crippen molar-refractivity contribution in [3.63, 3.8) is 0 Å². The van der Waals surface area contributed by atoms with Gasteiger partial charge >= 0.3 is 5.97 Å². The summed E-state index contributed by atoms with van der Waals surface area (Å²) in [5, 5.41) is 7.22. The fourth-order valence-electron chi connectivity index (χ4n) is 4.07. The molecule has 0 radical (unpaired) electrons. The van der Waals surface area contributed by atoms with Gasteiger partial charge in [0, 0.05) is 13.0 Å². The van der Waals surface area contributed by atoms with E-state index in [9.17, 15) is 9.59 Å². The first kappa shape index (κ1) is 18.7. The van der Waals surface area contributed by atoms with Crippen LogP contribution < -0.4 is 5.32 Å². The minimum Gasteiger partial charge on any atom is -0.465 e. The molecule has 3 atom stereocenters. The highest BCUT2D eigenvalue weighted by atomic mass is 16.5. The van der Waals surface area contributed by atoms with E-state index in [1.54, 1.807) is 11.9 Å². The van der Waals surface area contributed by atoms with Crippen LogP contribution >= 0.6 is 0 Å². The Hall–Kier alpha value is -2.70. The molecule has 146 valence electrons. The van der Waals surface area contributed by atoms with Crippen molar-refractivity contribution in [3.8, 4) is 0 Å². The lowest BCUT2D eigenvalue weighted by molar-refractivity contribution is -0.174. The van der Waals surface area contributed by atoms with Crippen LogP contribution in [-0.4, -0.2) is 41.1 Å². The zero-order valence-corrected chi connectivity index (χ0v) is 16.2. The Labute approximate surface area is 165 Å². The zero-order chi connectivity index (χ0) is 19.7. The third-order valence-corrected chi connectivity index (χ3v) is 5.38. The minimum atomic E-state index is -0.573. The summed E-state index contributed by atoms with van der Waals surface area (Å²) in [5.74, 6) is -0.242. The Morgan fingerprint density at radius 1 is 1.11 bits per heavy atom. The van der Waals surface area contributed by atoms with E-state index in [4.69, 9.17) is 4.74 Å². The zero-order valence-electron chi connectivity index (χ0n) is 16.2. The van der Waals surface area contributed by atoms with E-state index in [0.717, 1.165) is 16.7 Å². The minimum absolute atomic E-state index is 0.0568. The molecule has 2 aromatic carbocycles. The van der Waals surface area contributed by atoms with Gasteiger partial charge in [0.25, 0.3) is 0 Å². The second-order valence-electron chi connectivity index (χ2n) is 7.22. The number of nitrogens with one attached hydrogen (secondary N) is 1. The first-order valence-electron chi connectivity index (χ1n) is 9.73. The SMILES string of the molecule is CCOC(=O)C1NC(c2ccc(C)cc2)N2C(=O)CCN2C1c1ccccc1.